The number of nitriles is 1. The number of amides is 1. The molecule has 1 aromatic carbocycles. The molecule has 2 aromatic rings. The third-order valence-corrected chi connectivity index (χ3v) is 8.93. The summed E-state index contributed by atoms with van der Waals surface area (Å²) >= 11 is 0.972. The number of rotatable bonds is 8. The van der Waals surface area contributed by atoms with Crippen molar-refractivity contribution in [1.82, 2.24) is 19.9 Å². The summed E-state index contributed by atoms with van der Waals surface area (Å²) in [6, 6.07) is 6.30. The molecular formula is C26H35N5O7S. The summed E-state index contributed by atoms with van der Waals surface area (Å²) in [5.74, 6) is -0.318. The van der Waals surface area contributed by atoms with E-state index in [1.165, 1.54) is 9.58 Å². The first-order valence-electron chi connectivity index (χ1n) is 12.9. The van der Waals surface area contributed by atoms with Crippen LogP contribution in [0.4, 0.5) is 0 Å². The molecule has 0 spiro atoms. The molecule has 12 nitrogen and oxygen atoms in total. The highest BCUT2D eigenvalue weighted by Gasteiger charge is 2.51. The van der Waals surface area contributed by atoms with Gasteiger partial charge in [-0.2, -0.15) is 5.26 Å². The molecule has 0 bridgehead atoms. The van der Waals surface area contributed by atoms with Crippen LogP contribution >= 0.6 is 11.8 Å². The van der Waals surface area contributed by atoms with Gasteiger partial charge in [0, 0.05) is 45.2 Å². The molecule has 4 N–H and O–H groups in total. The second kappa shape index (κ2) is 12.3. The van der Waals surface area contributed by atoms with E-state index in [-0.39, 0.29) is 18.7 Å². The van der Waals surface area contributed by atoms with Crippen molar-refractivity contribution >= 4 is 17.7 Å². The Morgan fingerprint density at radius 2 is 2.03 bits per heavy atom. The van der Waals surface area contributed by atoms with Gasteiger partial charge in [-0.25, -0.2) is 4.68 Å². The number of carbonyl (C=O) groups excluding carboxylic acids is 1. The van der Waals surface area contributed by atoms with Crippen LogP contribution < -0.4 is 0 Å². The summed E-state index contributed by atoms with van der Waals surface area (Å²) in [4.78, 5) is 14.9. The molecular weight excluding hydrogens is 526 g/mol. The Hall–Kier alpha value is -2.57. The Morgan fingerprint density at radius 3 is 2.67 bits per heavy atom. The van der Waals surface area contributed by atoms with Crippen molar-refractivity contribution in [1.29, 1.82) is 5.26 Å². The van der Waals surface area contributed by atoms with Gasteiger partial charge in [-0.15, -0.1) is 16.9 Å². The molecule has 3 heterocycles. The molecule has 6 atom stereocenters. The summed E-state index contributed by atoms with van der Waals surface area (Å²) in [6.07, 6.45) is -1.78. The zero-order valence-electron chi connectivity index (χ0n) is 22.2. The number of aliphatic hydroxyl groups is 4. The number of aromatic nitrogens is 3. The van der Waals surface area contributed by atoms with Crippen LogP contribution in [0.5, 0.6) is 0 Å². The van der Waals surface area contributed by atoms with Crippen molar-refractivity contribution in [3.63, 3.8) is 0 Å². The summed E-state index contributed by atoms with van der Waals surface area (Å²) in [5.41, 5.74) is -0.0786. The van der Waals surface area contributed by atoms with Crippen LogP contribution in [0, 0.1) is 18.3 Å². The van der Waals surface area contributed by atoms with Gasteiger partial charge in [0.25, 0.3) is 0 Å². The van der Waals surface area contributed by atoms with E-state index in [2.05, 4.69) is 16.4 Å². The Morgan fingerprint density at radius 1 is 1.31 bits per heavy atom. The number of ether oxygens (including phenoxy) is 2. The van der Waals surface area contributed by atoms with Gasteiger partial charge in [-0.05, 0) is 37.6 Å². The van der Waals surface area contributed by atoms with Crippen molar-refractivity contribution in [2.45, 2.75) is 67.3 Å². The molecule has 2 saturated heterocycles. The molecule has 4 rings (SSSR count). The van der Waals surface area contributed by atoms with Crippen LogP contribution in [0.25, 0.3) is 11.3 Å². The molecule has 1 unspecified atom stereocenters. The van der Waals surface area contributed by atoms with E-state index in [9.17, 15) is 30.5 Å². The van der Waals surface area contributed by atoms with E-state index in [1.807, 2.05) is 19.9 Å². The van der Waals surface area contributed by atoms with Crippen molar-refractivity contribution in [3.05, 3.63) is 35.5 Å². The smallest absolute Gasteiger partial charge is 0.238 e. The van der Waals surface area contributed by atoms with E-state index in [0.717, 1.165) is 17.3 Å². The molecule has 1 amide bonds. The molecule has 2 fully saturated rings. The predicted octanol–water partition coefficient (Wildman–Crippen LogP) is 0.227. The monoisotopic (exact) mass is 561 g/mol. The zero-order valence-corrected chi connectivity index (χ0v) is 23.0. The summed E-state index contributed by atoms with van der Waals surface area (Å²) in [6.45, 7) is 4.14. The average Bonchev–Trinajstić information content (AvgIpc) is 3.41. The largest absolute Gasteiger partial charge is 0.394 e. The van der Waals surface area contributed by atoms with Gasteiger partial charge >= 0.3 is 0 Å². The molecule has 39 heavy (non-hydrogen) atoms. The minimum Gasteiger partial charge on any atom is -0.394 e. The minimum atomic E-state index is -1.39. The van der Waals surface area contributed by atoms with Gasteiger partial charge in [0.05, 0.1) is 30.0 Å². The Balaban J connectivity index is 1.65. The highest BCUT2D eigenvalue weighted by Crippen LogP contribution is 2.42. The molecule has 0 radical (unpaired) electrons. The highest BCUT2D eigenvalue weighted by atomic mass is 32.2. The average molecular weight is 562 g/mol. The first-order valence-corrected chi connectivity index (χ1v) is 13.8. The topological polar surface area (TPSA) is 174 Å². The number of aryl methyl sites for hydroxylation is 1. The summed E-state index contributed by atoms with van der Waals surface area (Å²) in [7, 11) is 1.64. The van der Waals surface area contributed by atoms with Crippen molar-refractivity contribution in [2.75, 3.05) is 33.4 Å². The molecule has 212 valence electrons. The van der Waals surface area contributed by atoms with E-state index in [1.54, 1.807) is 25.4 Å². The van der Waals surface area contributed by atoms with E-state index < -0.39 is 47.2 Å². The SMILES string of the molecule is CCN(C)C(=O)C(S[C@@H]1O[C@H](CO)[C@H](O)[C@H](n2cc(-c3cc(C)cc(C#N)c3)nn2)[C@H]1O)C1(O)CCOCC1. The van der Waals surface area contributed by atoms with E-state index in [4.69, 9.17) is 9.47 Å². The fraction of sp³-hybridized carbons (Fsp3) is 0.615. The Labute approximate surface area is 231 Å². The molecule has 1 aromatic heterocycles. The van der Waals surface area contributed by atoms with Gasteiger partial charge in [-0.3, -0.25) is 4.79 Å². The van der Waals surface area contributed by atoms with Crippen LogP contribution in [0.15, 0.2) is 24.4 Å². The Bertz CT molecular complexity index is 1200. The van der Waals surface area contributed by atoms with Crippen molar-refractivity contribution < 1.29 is 34.7 Å². The zero-order chi connectivity index (χ0) is 28.3. The standard InChI is InChI=1S/C26H35N5O7S/c1-4-30(3)24(35)23(26(36)5-7-37-8-6-26)39-25-22(34)20(21(33)19(14-32)38-25)31-13-18(28-29-31)17-10-15(2)9-16(11-17)12-27/h9-11,13,19-23,25,32-34,36H,4-8,14H2,1-3H3/t19-,20+,21+,22-,23?,25+/m1/s1. The van der Waals surface area contributed by atoms with Crippen LogP contribution in [-0.4, -0.2) is 114 Å². The molecule has 13 heteroatoms. The maximum absolute atomic E-state index is 13.4. The van der Waals surface area contributed by atoms with Gasteiger partial charge in [0.1, 0.15) is 40.7 Å². The third-order valence-electron chi connectivity index (χ3n) is 7.36. The number of hydrogen-bond acceptors (Lipinski definition) is 11. The fourth-order valence-electron chi connectivity index (χ4n) is 4.93. The molecule has 0 saturated carbocycles. The van der Waals surface area contributed by atoms with Crippen LogP contribution in [0.2, 0.25) is 0 Å². The molecule has 0 aliphatic carbocycles. The van der Waals surface area contributed by atoms with Crippen molar-refractivity contribution in [2.24, 2.45) is 0 Å². The maximum atomic E-state index is 13.4. The summed E-state index contributed by atoms with van der Waals surface area (Å²) in [5, 5.41) is 60.6. The normalized spacial score (nSPS) is 27.5. The fourth-order valence-corrected chi connectivity index (χ4v) is 6.52. The van der Waals surface area contributed by atoms with E-state index >= 15 is 0 Å². The highest BCUT2D eigenvalue weighted by molar-refractivity contribution is 8.01. The number of nitrogens with zero attached hydrogens (tertiary/aromatic N) is 5. The third kappa shape index (κ3) is 6.12. The number of aliphatic hydroxyl groups excluding tert-OH is 3. The second-order valence-corrected chi connectivity index (χ2v) is 11.3. The van der Waals surface area contributed by atoms with E-state index in [0.29, 0.717) is 36.6 Å². The van der Waals surface area contributed by atoms with Gasteiger partial charge in [-0.1, -0.05) is 5.21 Å². The predicted molar refractivity (Wildman–Crippen MR) is 141 cm³/mol. The maximum Gasteiger partial charge on any atom is 0.238 e. The van der Waals surface area contributed by atoms with Gasteiger partial charge in [0.15, 0.2) is 0 Å². The number of hydrogen-bond donors (Lipinski definition) is 4. The Kier molecular flexibility index (Phi) is 9.28. The second-order valence-electron chi connectivity index (χ2n) is 10.1. The molecule has 2 aliphatic heterocycles. The number of carbonyl (C=O) groups is 1. The first kappa shape index (κ1) is 29.4. The van der Waals surface area contributed by atoms with Crippen LogP contribution in [-0.2, 0) is 14.3 Å². The van der Waals surface area contributed by atoms with Crippen molar-refractivity contribution in [3.8, 4) is 17.3 Å². The minimum absolute atomic E-state index is 0.236. The van der Waals surface area contributed by atoms with Crippen LogP contribution in [0.3, 0.4) is 0 Å². The summed E-state index contributed by atoms with van der Waals surface area (Å²) < 4.78 is 12.6. The van der Waals surface area contributed by atoms with Gasteiger partial charge in [0.2, 0.25) is 5.91 Å². The number of benzene rings is 1. The van der Waals surface area contributed by atoms with Crippen LogP contribution in [0.1, 0.15) is 36.9 Å². The lowest BCUT2D eigenvalue weighted by molar-refractivity contribution is -0.179. The quantitative estimate of drug-likeness (QED) is 0.347. The number of thioether (sulfide) groups is 1. The lowest BCUT2D eigenvalue weighted by Gasteiger charge is -2.45. The first-order chi connectivity index (χ1) is 18.6. The lowest BCUT2D eigenvalue weighted by Crippen LogP contribution is -2.58. The van der Waals surface area contributed by atoms with Gasteiger partial charge < -0.3 is 34.8 Å². The lowest BCUT2D eigenvalue weighted by atomic mass is 9.89. The molecule has 2 aliphatic rings.